The van der Waals surface area contributed by atoms with E-state index < -0.39 is 5.00 Å². The lowest BCUT2D eigenvalue weighted by molar-refractivity contribution is 0.525. The molecule has 0 saturated carbocycles. The van der Waals surface area contributed by atoms with Gasteiger partial charge >= 0.3 is 0 Å². The SMILES string of the molecule is CC1(Cl)CN2C=CC=CC2=N1. The lowest BCUT2D eigenvalue weighted by Crippen LogP contribution is -2.26. The third-order valence-corrected chi connectivity index (χ3v) is 1.93. The molecule has 0 spiro atoms. The minimum atomic E-state index is -0.436. The minimum Gasteiger partial charge on any atom is -0.330 e. The van der Waals surface area contributed by atoms with E-state index in [4.69, 9.17) is 11.6 Å². The minimum absolute atomic E-state index is 0.436. The molecule has 2 heterocycles. The van der Waals surface area contributed by atoms with Crippen LogP contribution in [0.5, 0.6) is 0 Å². The third kappa shape index (κ3) is 1.18. The molecule has 2 aliphatic heterocycles. The van der Waals surface area contributed by atoms with Crippen LogP contribution in [0.2, 0.25) is 0 Å². The molecule has 0 bridgehead atoms. The summed E-state index contributed by atoms with van der Waals surface area (Å²) in [6.07, 6.45) is 7.91. The van der Waals surface area contributed by atoms with Gasteiger partial charge in [-0.2, -0.15) is 0 Å². The van der Waals surface area contributed by atoms with Gasteiger partial charge in [-0.15, -0.1) is 0 Å². The zero-order chi connectivity index (χ0) is 7.90. The zero-order valence-corrected chi connectivity index (χ0v) is 7.04. The molecule has 2 nitrogen and oxygen atoms in total. The summed E-state index contributed by atoms with van der Waals surface area (Å²) in [4.78, 5) is 5.92. The number of aliphatic imine (C=N–C) groups is 1. The van der Waals surface area contributed by atoms with Gasteiger partial charge in [0.25, 0.3) is 0 Å². The predicted molar refractivity (Wildman–Crippen MR) is 46.7 cm³/mol. The summed E-state index contributed by atoms with van der Waals surface area (Å²) in [6, 6.07) is 0. The summed E-state index contributed by atoms with van der Waals surface area (Å²) in [5.41, 5.74) is 0. The summed E-state index contributed by atoms with van der Waals surface area (Å²) in [6.45, 7) is 2.69. The van der Waals surface area contributed by atoms with Crippen LogP contribution in [0.4, 0.5) is 0 Å². The Morgan fingerprint density at radius 3 is 3.18 bits per heavy atom. The summed E-state index contributed by atoms with van der Waals surface area (Å²) < 4.78 is 0. The van der Waals surface area contributed by atoms with Crippen LogP contribution in [0.3, 0.4) is 0 Å². The molecule has 2 rings (SSSR count). The van der Waals surface area contributed by atoms with E-state index in [0.29, 0.717) is 0 Å². The highest BCUT2D eigenvalue weighted by atomic mass is 35.5. The van der Waals surface area contributed by atoms with Gasteiger partial charge in [0, 0.05) is 6.20 Å². The number of alkyl halides is 1. The third-order valence-electron chi connectivity index (χ3n) is 1.72. The highest BCUT2D eigenvalue weighted by Crippen LogP contribution is 2.26. The number of hydrogen-bond acceptors (Lipinski definition) is 2. The topological polar surface area (TPSA) is 15.6 Å². The molecule has 0 aromatic carbocycles. The Morgan fingerprint density at radius 2 is 2.45 bits per heavy atom. The summed E-state index contributed by atoms with van der Waals surface area (Å²) in [5, 5.41) is 0. The maximum Gasteiger partial charge on any atom is 0.151 e. The Morgan fingerprint density at radius 1 is 1.64 bits per heavy atom. The predicted octanol–water partition coefficient (Wildman–Crippen LogP) is 1.74. The molecule has 0 aliphatic carbocycles. The fraction of sp³-hybridized carbons (Fsp3) is 0.375. The number of allylic oxidation sites excluding steroid dienone is 2. The van der Waals surface area contributed by atoms with Gasteiger partial charge in [0.15, 0.2) is 5.00 Å². The van der Waals surface area contributed by atoms with Crippen LogP contribution in [-0.4, -0.2) is 22.3 Å². The maximum absolute atomic E-state index is 6.05. The summed E-state index contributed by atoms with van der Waals surface area (Å²) in [7, 11) is 0. The van der Waals surface area contributed by atoms with Crippen molar-refractivity contribution in [2.75, 3.05) is 6.54 Å². The van der Waals surface area contributed by atoms with Crippen LogP contribution < -0.4 is 0 Å². The Kier molecular flexibility index (Phi) is 1.33. The van der Waals surface area contributed by atoms with Crippen molar-refractivity contribution in [3.05, 3.63) is 24.4 Å². The first-order valence-corrected chi connectivity index (χ1v) is 3.95. The monoisotopic (exact) mass is 168 g/mol. The quantitative estimate of drug-likeness (QED) is 0.398. The molecule has 0 saturated heterocycles. The van der Waals surface area contributed by atoms with Crippen molar-refractivity contribution >= 4 is 17.4 Å². The smallest absolute Gasteiger partial charge is 0.151 e. The fourth-order valence-corrected chi connectivity index (χ4v) is 1.50. The summed E-state index contributed by atoms with van der Waals surface area (Å²) >= 11 is 6.05. The average Bonchev–Trinajstić information content (AvgIpc) is 2.21. The van der Waals surface area contributed by atoms with E-state index >= 15 is 0 Å². The fourth-order valence-electron chi connectivity index (χ4n) is 1.29. The van der Waals surface area contributed by atoms with Crippen LogP contribution in [-0.2, 0) is 0 Å². The van der Waals surface area contributed by atoms with Gasteiger partial charge in [-0.3, -0.25) is 0 Å². The Labute approximate surface area is 70.9 Å². The van der Waals surface area contributed by atoms with E-state index in [0.717, 1.165) is 12.4 Å². The second-order valence-electron chi connectivity index (χ2n) is 2.94. The van der Waals surface area contributed by atoms with E-state index in [1.54, 1.807) is 0 Å². The first kappa shape index (κ1) is 6.92. The van der Waals surface area contributed by atoms with Crippen molar-refractivity contribution < 1.29 is 0 Å². The maximum atomic E-state index is 6.05. The van der Waals surface area contributed by atoms with Gasteiger partial charge < -0.3 is 4.90 Å². The van der Waals surface area contributed by atoms with E-state index in [2.05, 4.69) is 4.99 Å². The number of halogens is 1. The lowest BCUT2D eigenvalue weighted by Gasteiger charge is -2.16. The van der Waals surface area contributed by atoms with Crippen molar-refractivity contribution in [3.8, 4) is 0 Å². The zero-order valence-electron chi connectivity index (χ0n) is 6.29. The molecule has 3 heteroatoms. The van der Waals surface area contributed by atoms with E-state index in [-0.39, 0.29) is 0 Å². The van der Waals surface area contributed by atoms with Gasteiger partial charge in [0.2, 0.25) is 0 Å². The van der Waals surface area contributed by atoms with Crippen molar-refractivity contribution in [1.82, 2.24) is 4.90 Å². The Balaban J connectivity index is 2.33. The van der Waals surface area contributed by atoms with Gasteiger partial charge in [0.05, 0.1) is 6.54 Å². The van der Waals surface area contributed by atoms with Crippen LogP contribution in [0.15, 0.2) is 29.4 Å². The second kappa shape index (κ2) is 2.11. The van der Waals surface area contributed by atoms with E-state index in [1.165, 1.54) is 0 Å². The van der Waals surface area contributed by atoms with Gasteiger partial charge in [-0.1, -0.05) is 17.7 Å². The Hall–Kier alpha value is -0.760. The number of rotatable bonds is 0. The van der Waals surface area contributed by atoms with Crippen molar-refractivity contribution in [2.45, 2.75) is 11.9 Å². The van der Waals surface area contributed by atoms with Crippen LogP contribution >= 0.6 is 11.6 Å². The Bertz CT molecular complexity index is 263. The lowest BCUT2D eigenvalue weighted by atomic mass is 10.3. The highest BCUT2D eigenvalue weighted by molar-refractivity contribution is 6.25. The molecule has 0 amide bonds. The summed E-state index contributed by atoms with van der Waals surface area (Å²) in [5.74, 6) is 0.963. The molecule has 0 aromatic rings. The highest BCUT2D eigenvalue weighted by Gasteiger charge is 2.31. The molecular formula is C8H9ClN2. The molecular weight excluding hydrogens is 160 g/mol. The molecule has 58 valence electrons. The number of hydrogen-bond donors (Lipinski definition) is 0. The first-order chi connectivity index (χ1) is 5.17. The molecule has 2 aliphatic rings. The number of amidine groups is 1. The van der Waals surface area contributed by atoms with Crippen molar-refractivity contribution in [1.29, 1.82) is 0 Å². The standard InChI is InChI=1S/C8H9ClN2/c1-8(9)6-11-5-3-2-4-7(11)10-8/h2-5H,6H2,1H3. The van der Waals surface area contributed by atoms with E-state index in [9.17, 15) is 0 Å². The molecule has 0 aromatic heterocycles. The number of nitrogens with zero attached hydrogens (tertiary/aromatic N) is 2. The molecule has 0 radical (unpaired) electrons. The largest absolute Gasteiger partial charge is 0.330 e. The van der Waals surface area contributed by atoms with Gasteiger partial charge in [-0.25, -0.2) is 4.99 Å². The first-order valence-electron chi connectivity index (χ1n) is 3.58. The van der Waals surface area contributed by atoms with Crippen LogP contribution in [0, 0.1) is 0 Å². The van der Waals surface area contributed by atoms with Crippen LogP contribution in [0.1, 0.15) is 6.92 Å². The average molecular weight is 169 g/mol. The normalized spacial score (nSPS) is 34.0. The second-order valence-corrected chi connectivity index (χ2v) is 3.76. The molecule has 0 fully saturated rings. The molecule has 1 unspecified atom stereocenters. The van der Waals surface area contributed by atoms with Crippen molar-refractivity contribution in [3.63, 3.8) is 0 Å². The molecule has 1 atom stereocenters. The molecule has 0 N–H and O–H groups in total. The van der Waals surface area contributed by atoms with Crippen molar-refractivity contribution in [2.24, 2.45) is 4.99 Å². The van der Waals surface area contributed by atoms with E-state index in [1.807, 2.05) is 36.3 Å². The van der Waals surface area contributed by atoms with Crippen LogP contribution in [0.25, 0.3) is 0 Å². The van der Waals surface area contributed by atoms with Gasteiger partial charge in [-0.05, 0) is 19.1 Å². The van der Waals surface area contributed by atoms with Gasteiger partial charge in [0.1, 0.15) is 5.84 Å². The number of fused-ring (bicyclic) bond motifs is 1. The molecule has 11 heavy (non-hydrogen) atoms.